The summed E-state index contributed by atoms with van der Waals surface area (Å²) in [5.74, 6) is 0.660. The lowest BCUT2D eigenvalue weighted by molar-refractivity contribution is 0.0894. The van der Waals surface area contributed by atoms with Gasteiger partial charge in [0, 0.05) is 24.1 Å². The number of carbonyl (C=O) groups excluding carboxylic acids is 1. The molecule has 0 aliphatic carbocycles. The molecule has 2 heterocycles. The minimum absolute atomic E-state index is 0.202. The molecule has 2 unspecified atom stereocenters. The van der Waals surface area contributed by atoms with Crippen LogP contribution < -0.4 is 5.32 Å². The van der Waals surface area contributed by atoms with E-state index >= 15 is 0 Å². The van der Waals surface area contributed by atoms with Crippen molar-refractivity contribution in [2.75, 3.05) is 0 Å². The van der Waals surface area contributed by atoms with E-state index < -0.39 is 6.10 Å². The van der Waals surface area contributed by atoms with Crippen LogP contribution in [0.25, 0.3) is 11.3 Å². The molecule has 1 amide bonds. The van der Waals surface area contributed by atoms with Gasteiger partial charge in [0.25, 0.3) is 5.91 Å². The van der Waals surface area contributed by atoms with Gasteiger partial charge in [-0.1, -0.05) is 35.5 Å². The summed E-state index contributed by atoms with van der Waals surface area (Å²) in [6.07, 6.45) is 1.07. The molecule has 2 N–H and O–H groups in total. The number of benzene rings is 1. The normalized spacial score (nSPS) is 13.4. The monoisotopic (exact) mass is 326 g/mol. The van der Waals surface area contributed by atoms with Crippen molar-refractivity contribution >= 4 is 5.91 Å². The number of hydrogen-bond donors (Lipinski definition) is 2. The predicted octanol–water partition coefficient (Wildman–Crippen LogP) is 3.18. The fraction of sp³-hybridized carbons (Fsp3) is 0.222. The maximum absolute atomic E-state index is 12.2. The van der Waals surface area contributed by atoms with Gasteiger partial charge >= 0.3 is 0 Å². The van der Waals surface area contributed by atoms with Crippen LogP contribution in [0.15, 0.2) is 63.7 Å². The summed E-state index contributed by atoms with van der Waals surface area (Å²) in [6.45, 7) is 1.81. The second-order valence-electron chi connectivity index (χ2n) is 5.58. The van der Waals surface area contributed by atoms with Gasteiger partial charge in [-0.25, -0.2) is 0 Å². The van der Waals surface area contributed by atoms with Crippen molar-refractivity contribution in [3.8, 4) is 11.3 Å². The standard InChI is InChI=1S/C18H18N2O4/c1-12(10-15(21)16-8-5-9-23-16)19-18(22)14-11-17(24-20-14)13-6-3-2-4-7-13/h2-9,11-12,15,21H,10H2,1H3,(H,19,22). The van der Waals surface area contributed by atoms with Gasteiger partial charge < -0.3 is 19.4 Å². The second-order valence-corrected chi connectivity index (χ2v) is 5.58. The van der Waals surface area contributed by atoms with E-state index in [4.69, 9.17) is 8.94 Å². The van der Waals surface area contributed by atoms with Crippen LogP contribution in [0.4, 0.5) is 0 Å². The molecule has 2 atom stereocenters. The Morgan fingerprint density at radius 1 is 1.25 bits per heavy atom. The third kappa shape index (κ3) is 3.72. The summed E-state index contributed by atoms with van der Waals surface area (Å²) in [5.41, 5.74) is 1.05. The molecule has 6 nitrogen and oxygen atoms in total. The Morgan fingerprint density at radius 3 is 2.75 bits per heavy atom. The number of amides is 1. The predicted molar refractivity (Wildman–Crippen MR) is 87.2 cm³/mol. The van der Waals surface area contributed by atoms with Gasteiger partial charge in [-0.05, 0) is 19.1 Å². The van der Waals surface area contributed by atoms with Crippen LogP contribution in [0, 0.1) is 0 Å². The van der Waals surface area contributed by atoms with Gasteiger partial charge in [0.15, 0.2) is 11.5 Å². The molecular formula is C18H18N2O4. The fourth-order valence-electron chi connectivity index (χ4n) is 2.41. The van der Waals surface area contributed by atoms with Crippen LogP contribution in [0.1, 0.15) is 35.7 Å². The average molecular weight is 326 g/mol. The summed E-state index contributed by atoms with van der Waals surface area (Å²) in [6, 6.07) is 14.2. The Morgan fingerprint density at radius 2 is 2.04 bits per heavy atom. The van der Waals surface area contributed by atoms with Crippen LogP contribution in [-0.4, -0.2) is 22.2 Å². The number of hydrogen-bond acceptors (Lipinski definition) is 5. The Kier molecular flexibility index (Phi) is 4.77. The van der Waals surface area contributed by atoms with Crippen LogP contribution in [0.3, 0.4) is 0 Å². The smallest absolute Gasteiger partial charge is 0.273 e. The molecule has 0 spiro atoms. The Bertz CT molecular complexity index is 780. The van der Waals surface area contributed by atoms with Crippen LogP contribution in [0.5, 0.6) is 0 Å². The van der Waals surface area contributed by atoms with Crippen molar-refractivity contribution in [1.29, 1.82) is 0 Å². The topological polar surface area (TPSA) is 88.5 Å². The lowest BCUT2D eigenvalue weighted by atomic mass is 10.1. The van der Waals surface area contributed by atoms with E-state index in [1.54, 1.807) is 18.2 Å². The maximum Gasteiger partial charge on any atom is 0.273 e. The third-order valence-electron chi connectivity index (χ3n) is 3.63. The van der Waals surface area contributed by atoms with Crippen LogP contribution in [-0.2, 0) is 0 Å². The highest BCUT2D eigenvalue weighted by Crippen LogP contribution is 2.21. The molecule has 0 saturated carbocycles. The van der Waals surface area contributed by atoms with Gasteiger partial charge in [0.1, 0.15) is 11.9 Å². The molecule has 24 heavy (non-hydrogen) atoms. The molecule has 6 heteroatoms. The summed E-state index contributed by atoms with van der Waals surface area (Å²) >= 11 is 0. The average Bonchev–Trinajstić information content (AvgIpc) is 3.27. The Hall–Kier alpha value is -2.86. The zero-order valence-corrected chi connectivity index (χ0v) is 13.2. The molecule has 0 bridgehead atoms. The van der Waals surface area contributed by atoms with E-state index in [-0.39, 0.29) is 17.6 Å². The van der Waals surface area contributed by atoms with E-state index in [1.165, 1.54) is 6.26 Å². The summed E-state index contributed by atoms with van der Waals surface area (Å²) in [7, 11) is 0. The molecule has 124 valence electrons. The van der Waals surface area contributed by atoms with Crippen molar-refractivity contribution in [2.45, 2.75) is 25.5 Å². The van der Waals surface area contributed by atoms with Crippen LogP contribution >= 0.6 is 0 Å². The highest BCUT2D eigenvalue weighted by Gasteiger charge is 2.19. The molecule has 0 aliphatic rings. The van der Waals surface area contributed by atoms with Crippen molar-refractivity contribution in [3.63, 3.8) is 0 Å². The minimum atomic E-state index is -0.771. The number of carbonyl (C=O) groups is 1. The first kappa shape index (κ1) is 16.0. The van der Waals surface area contributed by atoms with E-state index in [1.807, 2.05) is 37.3 Å². The Balaban J connectivity index is 1.60. The van der Waals surface area contributed by atoms with Gasteiger partial charge in [-0.2, -0.15) is 0 Å². The number of nitrogens with zero attached hydrogens (tertiary/aromatic N) is 1. The van der Waals surface area contributed by atoms with Gasteiger partial charge in [0.05, 0.1) is 6.26 Å². The van der Waals surface area contributed by atoms with E-state index in [0.29, 0.717) is 17.9 Å². The molecule has 3 rings (SSSR count). The first-order valence-corrected chi connectivity index (χ1v) is 7.68. The number of aliphatic hydroxyl groups is 1. The minimum Gasteiger partial charge on any atom is -0.467 e. The fourth-order valence-corrected chi connectivity index (χ4v) is 2.41. The Labute approximate surface area is 139 Å². The van der Waals surface area contributed by atoms with Gasteiger partial charge in [-0.3, -0.25) is 4.79 Å². The van der Waals surface area contributed by atoms with E-state index in [9.17, 15) is 9.90 Å². The highest BCUT2D eigenvalue weighted by atomic mass is 16.5. The van der Waals surface area contributed by atoms with Crippen molar-refractivity contribution < 1.29 is 18.8 Å². The molecule has 0 aliphatic heterocycles. The SMILES string of the molecule is CC(CC(O)c1ccco1)NC(=O)c1cc(-c2ccccc2)on1. The quantitative estimate of drug-likeness (QED) is 0.726. The summed E-state index contributed by atoms with van der Waals surface area (Å²) in [5, 5.41) is 16.6. The van der Waals surface area contributed by atoms with Gasteiger partial charge in [0.2, 0.25) is 0 Å². The number of aromatic nitrogens is 1. The van der Waals surface area contributed by atoms with E-state index in [2.05, 4.69) is 10.5 Å². The number of furan rings is 1. The number of rotatable bonds is 6. The van der Waals surface area contributed by atoms with Gasteiger partial charge in [-0.15, -0.1) is 0 Å². The zero-order chi connectivity index (χ0) is 16.9. The van der Waals surface area contributed by atoms with Crippen LogP contribution in [0.2, 0.25) is 0 Å². The molecular weight excluding hydrogens is 308 g/mol. The lowest BCUT2D eigenvalue weighted by Crippen LogP contribution is -2.33. The summed E-state index contributed by atoms with van der Waals surface area (Å²) < 4.78 is 10.4. The molecule has 1 aromatic carbocycles. The number of nitrogens with one attached hydrogen (secondary N) is 1. The molecule has 0 saturated heterocycles. The molecule has 0 fully saturated rings. The summed E-state index contributed by atoms with van der Waals surface area (Å²) in [4.78, 5) is 12.2. The largest absolute Gasteiger partial charge is 0.467 e. The lowest BCUT2D eigenvalue weighted by Gasteiger charge is -2.15. The first-order chi connectivity index (χ1) is 11.6. The second kappa shape index (κ2) is 7.14. The van der Waals surface area contributed by atoms with Crippen molar-refractivity contribution in [2.24, 2.45) is 0 Å². The maximum atomic E-state index is 12.2. The first-order valence-electron chi connectivity index (χ1n) is 7.68. The molecule has 2 aromatic heterocycles. The van der Waals surface area contributed by atoms with Crippen molar-refractivity contribution in [3.05, 3.63) is 66.2 Å². The highest BCUT2D eigenvalue weighted by molar-refractivity contribution is 5.93. The van der Waals surface area contributed by atoms with E-state index in [0.717, 1.165) is 5.56 Å². The molecule has 3 aromatic rings. The van der Waals surface area contributed by atoms with Crippen molar-refractivity contribution in [1.82, 2.24) is 10.5 Å². The zero-order valence-electron chi connectivity index (χ0n) is 13.2. The third-order valence-corrected chi connectivity index (χ3v) is 3.63. The molecule has 0 radical (unpaired) electrons. The number of aliphatic hydroxyl groups excluding tert-OH is 1.